The highest BCUT2D eigenvalue weighted by Crippen LogP contribution is 2.33. The van der Waals surface area contributed by atoms with Gasteiger partial charge in [-0.1, -0.05) is 23.7 Å². The number of aliphatic carboxylic acids is 1. The summed E-state index contributed by atoms with van der Waals surface area (Å²) in [6.07, 6.45) is -5.90. The lowest BCUT2D eigenvalue weighted by Crippen LogP contribution is -2.50. The molecule has 1 aromatic carbocycles. The number of rotatable bonds is 7. The smallest absolute Gasteiger partial charge is 0.405 e. The molecule has 0 aliphatic rings. The van der Waals surface area contributed by atoms with Crippen molar-refractivity contribution in [2.45, 2.75) is 23.5 Å². The molecule has 134 valence electrons. The quantitative estimate of drug-likeness (QED) is 0.574. The Bertz CT molecular complexity index is 736. The zero-order chi connectivity index (χ0) is 18.7. The first-order valence-corrected chi connectivity index (χ1v) is 8.10. The molecule has 0 aliphatic carbocycles. The molecule has 0 spiro atoms. The minimum absolute atomic E-state index is 0.164. The molecule has 0 aliphatic heterocycles. The third kappa shape index (κ3) is 4.46. The molecule has 0 bridgehead atoms. The highest BCUT2D eigenvalue weighted by atomic mass is 35.5. The number of hydrogen-bond donors (Lipinski definition) is 1. The maximum Gasteiger partial charge on any atom is 0.405 e. The predicted molar refractivity (Wildman–Crippen MR) is 77.6 cm³/mol. The first kappa shape index (κ1) is 20.4. The van der Waals surface area contributed by atoms with Crippen LogP contribution in [0, 0.1) is 5.82 Å². The molecule has 1 atom stereocenters. The highest BCUT2D eigenvalue weighted by Gasteiger charge is 2.49. The largest absolute Gasteiger partial charge is 0.481 e. The number of sulfonamides is 1. The summed E-state index contributed by atoms with van der Waals surface area (Å²) >= 11 is 5.46. The van der Waals surface area contributed by atoms with Crippen molar-refractivity contribution in [3.05, 3.63) is 41.7 Å². The van der Waals surface area contributed by atoms with E-state index in [-0.39, 0.29) is 4.31 Å². The highest BCUT2D eigenvalue weighted by molar-refractivity contribution is 7.89. The van der Waals surface area contributed by atoms with Crippen LogP contribution < -0.4 is 0 Å². The van der Waals surface area contributed by atoms with Gasteiger partial charge in [0, 0.05) is 6.54 Å². The molecule has 0 saturated heterocycles. The van der Waals surface area contributed by atoms with Crippen molar-refractivity contribution in [3.8, 4) is 0 Å². The molecule has 0 heterocycles. The van der Waals surface area contributed by atoms with E-state index in [4.69, 9.17) is 16.7 Å². The van der Waals surface area contributed by atoms with Crippen LogP contribution in [0.2, 0.25) is 5.02 Å². The monoisotopic (exact) mass is 389 g/mol. The minimum Gasteiger partial charge on any atom is -0.481 e. The Balaban J connectivity index is 3.53. The van der Waals surface area contributed by atoms with Gasteiger partial charge in [0.05, 0.1) is 11.4 Å². The van der Waals surface area contributed by atoms with E-state index in [0.717, 1.165) is 24.3 Å². The van der Waals surface area contributed by atoms with E-state index in [1.165, 1.54) is 0 Å². The van der Waals surface area contributed by atoms with Crippen LogP contribution >= 0.6 is 11.6 Å². The fourth-order valence-electron chi connectivity index (χ4n) is 1.88. The summed E-state index contributed by atoms with van der Waals surface area (Å²) in [4.78, 5) is 9.62. The Morgan fingerprint density at radius 1 is 1.42 bits per heavy atom. The lowest BCUT2D eigenvalue weighted by Gasteiger charge is -2.30. The molecular weight excluding hydrogens is 378 g/mol. The van der Waals surface area contributed by atoms with E-state index < -0.39 is 56.9 Å². The van der Waals surface area contributed by atoms with Gasteiger partial charge >= 0.3 is 12.1 Å². The topological polar surface area (TPSA) is 74.7 Å². The Kier molecular flexibility index (Phi) is 6.37. The van der Waals surface area contributed by atoms with Gasteiger partial charge in [0.25, 0.3) is 0 Å². The number of benzene rings is 1. The third-order valence-corrected chi connectivity index (χ3v) is 5.09. The summed E-state index contributed by atoms with van der Waals surface area (Å²) in [5.41, 5.74) is 0. The Morgan fingerprint density at radius 2 is 2.00 bits per heavy atom. The van der Waals surface area contributed by atoms with Crippen molar-refractivity contribution in [2.24, 2.45) is 0 Å². The second-order valence-corrected chi connectivity index (χ2v) is 6.84. The van der Waals surface area contributed by atoms with Crippen molar-refractivity contribution in [1.29, 1.82) is 0 Å². The number of halogens is 5. The van der Waals surface area contributed by atoms with E-state index in [1.807, 2.05) is 0 Å². The number of carboxylic acids is 1. The number of nitrogens with zero attached hydrogens (tertiary/aromatic N) is 1. The summed E-state index contributed by atoms with van der Waals surface area (Å²) in [6, 6.07) is -0.0894. The van der Waals surface area contributed by atoms with E-state index >= 15 is 0 Å². The van der Waals surface area contributed by atoms with Crippen LogP contribution in [0.4, 0.5) is 17.6 Å². The fraction of sp³-hybridized carbons (Fsp3) is 0.308. The van der Waals surface area contributed by atoms with Crippen LogP contribution in [0.1, 0.15) is 6.42 Å². The first-order chi connectivity index (χ1) is 10.9. The van der Waals surface area contributed by atoms with Crippen molar-refractivity contribution >= 4 is 27.6 Å². The Hall–Kier alpha value is -1.65. The summed E-state index contributed by atoms with van der Waals surface area (Å²) in [5.74, 6) is -3.29. The van der Waals surface area contributed by atoms with Crippen molar-refractivity contribution in [2.75, 3.05) is 6.54 Å². The lowest BCUT2D eigenvalue weighted by molar-refractivity contribution is -0.178. The SMILES string of the molecule is C=CCN(C(CC(=O)O)C(F)(F)F)S(=O)(=O)c1cccc(Cl)c1F. The first-order valence-electron chi connectivity index (χ1n) is 6.28. The lowest BCUT2D eigenvalue weighted by atomic mass is 10.2. The molecule has 5 nitrogen and oxygen atoms in total. The zero-order valence-electron chi connectivity index (χ0n) is 11.9. The van der Waals surface area contributed by atoms with Crippen LogP contribution in [0.5, 0.6) is 0 Å². The molecule has 0 fully saturated rings. The van der Waals surface area contributed by atoms with Gasteiger partial charge in [-0.25, -0.2) is 12.8 Å². The molecular formula is C13H12ClF4NO4S. The minimum atomic E-state index is -5.19. The van der Waals surface area contributed by atoms with Gasteiger partial charge in [-0.15, -0.1) is 6.58 Å². The van der Waals surface area contributed by atoms with Gasteiger partial charge in [-0.2, -0.15) is 17.5 Å². The standard InChI is InChI=1S/C13H12ClF4NO4S/c1-2-6-19(10(7-11(20)21)13(16,17)18)24(22,23)9-5-3-4-8(14)12(9)15/h2-5,10H,1,6-7H2,(H,20,21). The molecule has 1 rings (SSSR count). The average Bonchev–Trinajstić information content (AvgIpc) is 2.44. The van der Waals surface area contributed by atoms with Gasteiger partial charge in [0.2, 0.25) is 10.0 Å². The zero-order valence-corrected chi connectivity index (χ0v) is 13.5. The maximum absolute atomic E-state index is 14.0. The van der Waals surface area contributed by atoms with Crippen molar-refractivity contribution in [3.63, 3.8) is 0 Å². The van der Waals surface area contributed by atoms with Crippen LogP contribution in [0.25, 0.3) is 0 Å². The Labute approximate surface area is 140 Å². The molecule has 0 aromatic heterocycles. The maximum atomic E-state index is 14.0. The van der Waals surface area contributed by atoms with Gasteiger partial charge in [0.1, 0.15) is 10.9 Å². The molecule has 1 aromatic rings. The van der Waals surface area contributed by atoms with Crippen molar-refractivity contribution in [1.82, 2.24) is 4.31 Å². The van der Waals surface area contributed by atoms with Crippen LogP contribution in [-0.4, -0.2) is 42.6 Å². The van der Waals surface area contributed by atoms with E-state index in [1.54, 1.807) is 0 Å². The second-order valence-electron chi connectivity index (χ2n) is 4.57. The van der Waals surface area contributed by atoms with Crippen LogP contribution in [0.3, 0.4) is 0 Å². The van der Waals surface area contributed by atoms with Gasteiger partial charge in [0.15, 0.2) is 5.82 Å². The molecule has 11 heteroatoms. The van der Waals surface area contributed by atoms with E-state index in [9.17, 15) is 30.8 Å². The second kappa shape index (κ2) is 7.49. The predicted octanol–water partition coefficient (Wildman–Crippen LogP) is 3.06. The van der Waals surface area contributed by atoms with Crippen LogP contribution in [-0.2, 0) is 14.8 Å². The van der Waals surface area contributed by atoms with Gasteiger partial charge < -0.3 is 5.11 Å². The molecule has 0 saturated carbocycles. The van der Waals surface area contributed by atoms with Crippen LogP contribution in [0.15, 0.2) is 35.7 Å². The number of alkyl halides is 3. The van der Waals surface area contributed by atoms with Gasteiger partial charge in [-0.3, -0.25) is 4.79 Å². The number of hydrogen-bond acceptors (Lipinski definition) is 3. The number of carboxylic acid groups (broad SMARTS) is 1. The molecule has 1 unspecified atom stereocenters. The average molecular weight is 390 g/mol. The summed E-state index contributed by atoms with van der Waals surface area (Å²) in [5, 5.41) is 8.06. The summed E-state index contributed by atoms with van der Waals surface area (Å²) < 4.78 is 78.2. The normalized spacial score (nSPS) is 13.8. The summed E-state index contributed by atoms with van der Waals surface area (Å²) in [7, 11) is -5.03. The number of carbonyl (C=O) groups is 1. The van der Waals surface area contributed by atoms with E-state index in [0.29, 0.717) is 0 Å². The third-order valence-electron chi connectivity index (χ3n) is 2.91. The molecule has 0 radical (unpaired) electrons. The molecule has 24 heavy (non-hydrogen) atoms. The molecule has 0 amide bonds. The van der Waals surface area contributed by atoms with Crippen molar-refractivity contribution < 1.29 is 35.9 Å². The van der Waals surface area contributed by atoms with E-state index in [2.05, 4.69) is 6.58 Å². The summed E-state index contributed by atoms with van der Waals surface area (Å²) in [6.45, 7) is 2.28. The Morgan fingerprint density at radius 3 is 2.46 bits per heavy atom. The molecule has 1 N–H and O–H groups in total. The fourth-order valence-corrected chi connectivity index (χ4v) is 3.78. The van der Waals surface area contributed by atoms with Gasteiger partial charge in [-0.05, 0) is 12.1 Å².